The molecule has 50 valence electrons. The van der Waals surface area contributed by atoms with Crippen molar-refractivity contribution in [1.29, 1.82) is 0 Å². The maximum Gasteiger partial charge on any atom is 0.0503 e. The van der Waals surface area contributed by atoms with Gasteiger partial charge in [-0.05, 0) is 18.0 Å². The summed E-state index contributed by atoms with van der Waals surface area (Å²) in [6.07, 6.45) is 0. The highest BCUT2D eigenvalue weighted by Crippen LogP contribution is 2.17. The van der Waals surface area contributed by atoms with Crippen molar-refractivity contribution in [2.75, 3.05) is 7.11 Å². The van der Waals surface area contributed by atoms with Crippen molar-refractivity contribution >= 4 is 12.0 Å². The zero-order valence-electron chi connectivity index (χ0n) is 5.97. The Morgan fingerprint density at radius 2 is 1.75 bits per heavy atom. The fraction of sp³-hybridized carbons (Fsp3) is 1.00. The molecule has 0 aromatic heterocycles. The van der Waals surface area contributed by atoms with Gasteiger partial charge in [0.2, 0.25) is 0 Å². The van der Waals surface area contributed by atoms with Crippen LogP contribution in [0.1, 0.15) is 20.8 Å². The van der Waals surface area contributed by atoms with Crippen molar-refractivity contribution in [3.05, 3.63) is 0 Å². The van der Waals surface area contributed by atoms with E-state index in [0.717, 1.165) is 0 Å². The molecule has 0 spiro atoms. The van der Waals surface area contributed by atoms with Gasteiger partial charge < -0.3 is 4.18 Å². The van der Waals surface area contributed by atoms with Crippen LogP contribution < -0.4 is 0 Å². The molecular weight excluding hydrogens is 120 g/mol. The lowest BCUT2D eigenvalue weighted by Crippen LogP contribution is -2.04. The second-order valence-corrected chi connectivity index (χ2v) is 3.48. The van der Waals surface area contributed by atoms with Crippen LogP contribution in [0.4, 0.5) is 0 Å². The van der Waals surface area contributed by atoms with Crippen LogP contribution in [0.5, 0.6) is 0 Å². The molecule has 0 aromatic carbocycles. The summed E-state index contributed by atoms with van der Waals surface area (Å²) in [5.41, 5.74) is 0. The highest BCUT2D eigenvalue weighted by Gasteiger charge is 2.05. The van der Waals surface area contributed by atoms with E-state index in [0.29, 0.717) is 11.2 Å². The van der Waals surface area contributed by atoms with E-state index < -0.39 is 0 Å². The smallest absolute Gasteiger partial charge is 0.0503 e. The zero-order chi connectivity index (χ0) is 6.57. The summed E-state index contributed by atoms with van der Waals surface area (Å²) in [6, 6.07) is 0. The lowest BCUT2D eigenvalue weighted by atomic mass is 10.2. The minimum atomic E-state index is 0.611. The SMILES string of the molecule is COSC(C)C(C)C. The fourth-order valence-electron chi connectivity index (χ4n) is 0.263. The van der Waals surface area contributed by atoms with Crippen LogP contribution >= 0.6 is 12.0 Å². The molecule has 0 aliphatic carbocycles. The third-order valence-corrected chi connectivity index (χ3v) is 2.23. The van der Waals surface area contributed by atoms with E-state index in [1.54, 1.807) is 7.11 Å². The standard InChI is InChI=1S/C6H14OS/c1-5(2)6(3)8-7-4/h5-6H,1-4H3. The Morgan fingerprint density at radius 1 is 1.25 bits per heavy atom. The van der Waals surface area contributed by atoms with Gasteiger partial charge >= 0.3 is 0 Å². The molecule has 0 rings (SSSR count). The Kier molecular flexibility index (Phi) is 4.38. The van der Waals surface area contributed by atoms with E-state index in [1.807, 2.05) is 0 Å². The summed E-state index contributed by atoms with van der Waals surface area (Å²) < 4.78 is 4.88. The molecule has 0 N–H and O–H groups in total. The lowest BCUT2D eigenvalue weighted by molar-refractivity contribution is 0.473. The first kappa shape index (κ1) is 8.31. The molecule has 2 heteroatoms. The summed E-state index contributed by atoms with van der Waals surface area (Å²) in [5, 5.41) is 0.611. The van der Waals surface area contributed by atoms with Gasteiger partial charge in [-0.2, -0.15) is 0 Å². The van der Waals surface area contributed by atoms with Gasteiger partial charge in [0.15, 0.2) is 0 Å². The molecule has 0 radical (unpaired) electrons. The number of hydrogen-bond acceptors (Lipinski definition) is 2. The van der Waals surface area contributed by atoms with Crippen LogP contribution in [0.2, 0.25) is 0 Å². The van der Waals surface area contributed by atoms with E-state index in [9.17, 15) is 0 Å². The Labute approximate surface area is 56.0 Å². The second kappa shape index (κ2) is 4.21. The van der Waals surface area contributed by atoms with E-state index in [-0.39, 0.29) is 0 Å². The molecule has 0 aromatic rings. The minimum absolute atomic E-state index is 0.611. The average molecular weight is 134 g/mol. The Morgan fingerprint density at radius 3 is 1.88 bits per heavy atom. The van der Waals surface area contributed by atoms with Crippen molar-refractivity contribution in [1.82, 2.24) is 0 Å². The van der Waals surface area contributed by atoms with Crippen LogP contribution in [-0.4, -0.2) is 12.4 Å². The van der Waals surface area contributed by atoms with E-state index >= 15 is 0 Å². The van der Waals surface area contributed by atoms with Gasteiger partial charge in [0.1, 0.15) is 0 Å². The molecule has 0 saturated heterocycles. The number of rotatable bonds is 3. The number of hydrogen-bond donors (Lipinski definition) is 0. The molecule has 0 saturated carbocycles. The van der Waals surface area contributed by atoms with E-state index in [2.05, 4.69) is 20.8 Å². The van der Waals surface area contributed by atoms with Gasteiger partial charge in [0.25, 0.3) is 0 Å². The van der Waals surface area contributed by atoms with Crippen LogP contribution in [-0.2, 0) is 4.18 Å². The summed E-state index contributed by atoms with van der Waals surface area (Å²) in [6.45, 7) is 6.55. The van der Waals surface area contributed by atoms with Gasteiger partial charge in [-0.25, -0.2) is 0 Å². The second-order valence-electron chi connectivity index (χ2n) is 2.21. The molecule has 0 amide bonds. The van der Waals surface area contributed by atoms with Crippen LogP contribution in [0.3, 0.4) is 0 Å². The topological polar surface area (TPSA) is 9.23 Å². The first-order valence-electron chi connectivity index (χ1n) is 2.88. The molecule has 1 nitrogen and oxygen atoms in total. The fourth-order valence-corrected chi connectivity index (χ4v) is 0.789. The normalized spacial score (nSPS) is 14.6. The molecule has 1 atom stereocenters. The van der Waals surface area contributed by atoms with Gasteiger partial charge in [-0.3, -0.25) is 0 Å². The molecule has 8 heavy (non-hydrogen) atoms. The van der Waals surface area contributed by atoms with Gasteiger partial charge in [0, 0.05) is 5.25 Å². The van der Waals surface area contributed by atoms with Gasteiger partial charge in [-0.15, -0.1) is 0 Å². The molecular formula is C6H14OS. The van der Waals surface area contributed by atoms with Crippen LogP contribution in [0.15, 0.2) is 0 Å². The molecule has 0 fully saturated rings. The molecule has 1 unspecified atom stereocenters. The monoisotopic (exact) mass is 134 g/mol. The molecule has 0 bridgehead atoms. The Balaban J connectivity index is 3.17. The first-order chi connectivity index (χ1) is 3.68. The summed E-state index contributed by atoms with van der Waals surface area (Å²) in [5.74, 6) is 0.708. The van der Waals surface area contributed by atoms with Gasteiger partial charge in [0.05, 0.1) is 7.11 Å². The van der Waals surface area contributed by atoms with Crippen LogP contribution in [0.25, 0.3) is 0 Å². The molecule has 0 heterocycles. The third kappa shape index (κ3) is 3.33. The van der Waals surface area contributed by atoms with Crippen molar-refractivity contribution in [3.63, 3.8) is 0 Å². The van der Waals surface area contributed by atoms with Crippen molar-refractivity contribution in [2.45, 2.75) is 26.0 Å². The predicted octanol–water partition coefficient (Wildman–Crippen LogP) is 2.33. The third-order valence-electron chi connectivity index (χ3n) is 1.19. The maximum absolute atomic E-state index is 4.88. The quantitative estimate of drug-likeness (QED) is 0.548. The zero-order valence-corrected chi connectivity index (χ0v) is 6.79. The van der Waals surface area contributed by atoms with Crippen LogP contribution in [0, 0.1) is 5.92 Å². The summed E-state index contributed by atoms with van der Waals surface area (Å²) >= 11 is 1.54. The highest BCUT2D eigenvalue weighted by atomic mass is 32.2. The average Bonchev–Trinajstić information content (AvgIpc) is 1.67. The molecule has 0 aliphatic heterocycles. The van der Waals surface area contributed by atoms with Crippen molar-refractivity contribution in [3.8, 4) is 0 Å². The Hall–Kier alpha value is 0.310. The maximum atomic E-state index is 4.88. The van der Waals surface area contributed by atoms with Gasteiger partial charge in [-0.1, -0.05) is 20.8 Å². The predicted molar refractivity (Wildman–Crippen MR) is 38.9 cm³/mol. The lowest BCUT2D eigenvalue weighted by Gasteiger charge is -2.11. The van der Waals surface area contributed by atoms with E-state index in [1.165, 1.54) is 12.0 Å². The highest BCUT2D eigenvalue weighted by molar-refractivity contribution is 7.95. The minimum Gasteiger partial charge on any atom is -0.318 e. The van der Waals surface area contributed by atoms with E-state index in [4.69, 9.17) is 4.18 Å². The largest absolute Gasteiger partial charge is 0.318 e. The summed E-state index contributed by atoms with van der Waals surface area (Å²) in [4.78, 5) is 0. The Bertz CT molecular complexity index is 54.5. The molecule has 0 aliphatic rings. The van der Waals surface area contributed by atoms with Crippen molar-refractivity contribution in [2.24, 2.45) is 5.92 Å². The first-order valence-corrected chi connectivity index (χ1v) is 3.68. The summed E-state index contributed by atoms with van der Waals surface area (Å²) in [7, 11) is 1.71. The van der Waals surface area contributed by atoms with Crippen molar-refractivity contribution < 1.29 is 4.18 Å².